The summed E-state index contributed by atoms with van der Waals surface area (Å²) in [6.07, 6.45) is 0. The van der Waals surface area contributed by atoms with E-state index in [0.717, 1.165) is 34.2 Å². The minimum absolute atomic E-state index is 0.320. The van der Waals surface area contributed by atoms with Crippen molar-refractivity contribution in [2.75, 3.05) is 17.6 Å². The lowest BCUT2D eigenvalue weighted by atomic mass is 10.0. The van der Waals surface area contributed by atoms with Gasteiger partial charge in [-0.1, -0.05) is 102 Å². The lowest BCUT2D eigenvalue weighted by molar-refractivity contribution is 0.252. The topological polar surface area (TPSA) is 59.0 Å². The number of carbonyl (C=O) groups is 1. The van der Waals surface area contributed by atoms with Crippen LogP contribution in [0.2, 0.25) is 10.0 Å². The van der Waals surface area contributed by atoms with Crippen LogP contribution in [-0.4, -0.2) is 27.9 Å². The molecule has 0 unspecified atom stereocenters. The summed E-state index contributed by atoms with van der Waals surface area (Å²) in [5.74, 6) is 0.663. The molecule has 0 aliphatic heterocycles. The number of thioether (sulfide) groups is 1. The number of amides is 2. The zero-order chi connectivity index (χ0) is 23.9. The van der Waals surface area contributed by atoms with Crippen LogP contribution >= 0.6 is 35.0 Å². The van der Waals surface area contributed by atoms with E-state index in [4.69, 9.17) is 28.2 Å². The van der Waals surface area contributed by atoms with Gasteiger partial charge in [0, 0.05) is 30.0 Å². The molecule has 0 atom stereocenters. The third kappa shape index (κ3) is 5.58. The maximum absolute atomic E-state index is 12.3. The highest BCUT2D eigenvalue weighted by molar-refractivity contribution is 7.99. The molecule has 1 heterocycles. The van der Waals surface area contributed by atoms with E-state index < -0.39 is 0 Å². The summed E-state index contributed by atoms with van der Waals surface area (Å²) in [4.78, 5) is 17.3. The van der Waals surface area contributed by atoms with Gasteiger partial charge in [0.2, 0.25) is 0 Å². The second-order valence-corrected chi connectivity index (χ2v) is 9.25. The number of benzene rings is 3. The van der Waals surface area contributed by atoms with Gasteiger partial charge in [-0.15, -0.1) is 0 Å². The lowest BCUT2D eigenvalue weighted by Crippen LogP contribution is -2.30. The summed E-state index contributed by atoms with van der Waals surface area (Å²) in [6.45, 7) is 3.37. The molecule has 2 N–H and O–H groups in total. The monoisotopic (exact) mass is 510 g/mol. The van der Waals surface area contributed by atoms with Crippen molar-refractivity contribution in [3.05, 3.63) is 88.9 Å². The Morgan fingerprint density at radius 1 is 0.941 bits per heavy atom. The van der Waals surface area contributed by atoms with Crippen LogP contribution in [0.3, 0.4) is 0 Å². The first-order valence-corrected chi connectivity index (χ1v) is 12.7. The van der Waals surface area contributed by atoms with E-state index in [2.05, 4.69) is 46.4 Å². The molecule has 4 aromatic rings. The molecule has 4 rings (SSSR count). The van der Waals surface area contributed by atoms with Gasteiger partial charge < -0.3 is 15.2 Å². The summed E-state index contributed by atoms with van der Waals surface area (Å²) in [5.41, 5.74) is 4.72. The van der Waals surface area contributed by atoms with Crippen LogP contribution in [0, 0.1) is 0 Å². The third-order valence-electron chi connectivity index (χ3n) is 5.16. The largest absolute Gasteiger partial charge is 0.337 e. The molecule has 174 valence electrons. The fraction of sp³-hybridized carbons (Fsp3) is 0.154. The van der Waals surface area contributed by atoms with Crippen LogP contribution in [0.1, 0.15) is 6.92 Å². The Morgan fingerprint density at radius 2 is 1.62 bits per heavy atom. The van der Waals surface area contributed by atoms with E-state index in [1.165, 1.54) is 0 Å². The number of anilines is 1. The van der Waals surface area contributed by atoms with E-state index in [1.807, 2.05) is 36.4 Å². The zero-order valence-electron chi connectivity index (χ0n) is 18.6. The average Bonchev–Trinajstić information content (AvgIpc) is 3.24. The summed E-state index contributed by atoms with van der Waals surface area (Å²) in [6, 6.07) is 25.3. The molecular weight excluding hydrogens is 487 g/mol. The minimum atomic E-state index is -0.335. The second-order valence-electron chi connectivity index (χ2n) is 7.40. The summed E-state index contributed by atoms with van der Waals surface area (Å²) in [7, 11) is 0. The standard InChI is InChI=1S/C26H24Cl2N4OS/c1-2-32-24(19-12-7-4-8-13-19)23(18-10-5-3-6-11-18)31-26(32)34-17-16-29-25(33)30-21-15-9-14-20(27)22(21)28/h3-15H,2,16-17H2,1H3,(H2,29,30,33). The molecule has 34 heavy (non-hydrogen) atoms. The molecule has 1 aromatic heterocycles. The maximum Gasteiger partial charge on any atom is 0.319 e. The Bertz CT molecular complexity index is 1260. The first-order valence-electron chi connectivity index (χ1n) is 10.9. The number of halogens is 2. The molecule has 0 bridgehead atoms. The van der Waals surface area contributed by atoms with Gasteiger partial charge >= 0.3 is 6.03 Å². The van der Waals surface area contributed by atoms with Crippen LogP contribution in [0.15, 0.2) is 84.0 Å². The average molecular weight is 511 g/mol. The van der Waals surface area contributed by atoms with E-state index >= 15 is 0 Å². The van der Waals surface area contributed by atoms with E-state index in [1.54, 1.807) is 30.0 Å². The number of aromatic nitrogens is 2. The minimum Gasteiger partial charge on any atom is -0.337 e. The van der Waals surface area contributed by atoms with Crippen molar-refractivity contribution in [1.82, 2.24) is 14.9 Å². The Kier molecular flexibility index (Phi) is 8.16. The van der Waals surface area contributed by atoms with E-state index in [-0.39, 0.29) is 6.03 Å². The molecule has 2 amide bonds. The van der Waals surface area contributed by atoms with Gasteiger partial charge in [-0.05, 0) is 19.1 Å². The molecule has 0 aliphatic carbocycles. The molecular formula is C26H24Cl2N4OS. The molecule has 5 nitrogen and oxygen atoms in total. The summed E-state index contributed by atoms with van der Waals surface area (Å²) in [5, 5.41) is 7.22. The van der Waals surface area contributed by atoms with Crippen molar-refractivity contribution in [3.63, 3.8) is 0 Å². The number of urea groups is 1. The highest BCUT2D eigenvalue weighted by Gasteiger charge is 2.19. The van der Waals surface area contributed by atoms with Crippen molar-refractivity contribution in [1.29, 1.82) is 0 Å². The fourth-order valence-electron chi connectivity index (χ4n) is 3.60. The van der Waals surface area contributed by atoms with Gasteiger partial charge in [0.25, 0.3) is 0 Å². The van der Waals surface area contributed by atoms with E-state index in [9.17, 15) is 4.79 Å². The number of hydrogen-bond donors (Lipinski definition) is 2. The van der Waals surface area contributed by atoms with Crippen LogP contribution in [0.5, 0.6) is 0 Å². The second kappa shape index (κ2) is 11.5. The van der Waals surface area contributed by atoms with Gasteiger partial charge in [0.05, 0.1) is 27.1 Å². The molecule has 0 saturated carbocycles. The first kappa shape index (κ1) is 24.2. The quantitative estimate of drug-likeness (QED) is 0.191. The Morgan fingerprint density at radius 3 is 2.29 bits per heavy atom. The Balaban J connectivity index is 1.47. The third-order valence-corrected chi connectivity index (χ3v) is 6.96. The number of rotatable bonds is 8. The number of hydrogen-bond acceptors (Lipinski definition) is 3. The molecule has 0 aliphatic rings. The molecule has 0 fully saturated rings. The van der Waals surface area contributed by atoms with Crippen molar-refractivity contribution in [3.8, 4) is 22.5 Å². The van der Waals surface area contributed by atoms with Crippen LogP contribution < -0.4 is 10.6 Å². The number of carbonyl (C=O) groups excluding carboxylic acids is 1. The highest BCUT2D eigenvalue weighted by Crippen LogP contribution is 2.35. The first-order chi connectivity index (χ1) is 16.6. The molecule has 3 aromatic carbocycles. The van der Waals surface area contributed by atoms with Crippen LogP contribution in [0.4, 0.5) is 10.5 Å². The predicted octanol–water partition coefficient (Wildman–Crippen LogP) is 7.46. The highest BCUT2D eigenvalue weighted by atomic mass is 35.5. The molecule has 8 heteroatoms. The smallest absolute Gasteiger partial charge is 0.319 e. The van der Waals surface area contributed by atoms with Crippen LogP contribution in [-0.2, 0) is 6.54 Å². The summed E-state index contributed by atoms with van der Waals surface area (Å²) < 4.78 is 2.23. The fourth-order valence-corrected chi connectivity index (χ4v) is 4.86. The van der Waals surface area contributed by atoms with Crippen LogP contribution in [0.25, 0.3) is 22.5 Å². The maximum atomic E-state index is 12.3. The Labute approximate surface area is 213 Å². The molecule has 0 spiro atoms. The Hall–Kier alpha value is -2.93. The van der Waals surface area contributed by atoms with Gasteiger partial charge in [-0.25, -0.2) is 9.78 Å². The molecule has 0 saturated heterocycles. The zero-order valence-corrected chi connectivity index (χ0v) is 20.9. The summed E-state index contributed by atoms with van der Waals surface area (Å²) >= 11 is 13.8. The van der Waals surface area contributed by atoms with Crippen molar-refractivity contribution < 1.29 is 4.79 Å². The lowest BCUT2D eigenvalue weighted by Gasteiger charge is -2.11. The number of nitrogens with one attached hydrogen (secondary N) is 2. The number of imidazole rings is 1. The van der Waals surface area contributed by atoms with Gasteiger partial charge in [-0.2, -0.15) is 0 Å². The normalized spacial score (nSPS) is 10.8. The van der Waals surface area contributed by atoms with Gasteiger partial charge in [-0.3, -0.25) is 0 Å². The number of nitrogens with zero attached hydrogens (tertiary/aromatic N) is 2. The molecule has 0 radical (unpaired) electrons. The van der Waals surface area contributed by atoms with E-state index in [0.29, 0.717) is 28.0 Å². The van der Waals surface area contributed by atoms with Gasteiger partial charge in [0.1, 0.15) is 0 Å². The van der Waals surface area contributed by atoms with Crippen molar-refractivity contribution in [2.45, 2.75) is 18.6 Å². The predicted molar refractivity (Wildman–Crippen MR) is 143 cm³/mol. The van der Waals surface area contributed by atoms with Crippen molar-refractivity contribution >= 4 is 46.7 Å². The SMILES string of the molecule is CCn1c(SCCNC(=O)Nc2cccc(Cl)c2Cl)nc(-c2ccccc2)c1-c1ccccc1. The van der Waals surface area contributed by atoms with Crippen molar-refractivity contribution in [2.24, 2.45) is 0 Å². The van der Waals surface area contributed by atoms with Gasteiger partial charge in [0.15, 0.2) is 5.16 Å².